The molecule has 0 bridgehead atoms. The van der Waals surface area contributed by atoms with E-state index in [9.17, 15) is 14.4 Å². The second-order valence-corrected chi connectivity index (χ2v) is 7.08. The number of amides is 2. The highest BCUT2D eigenvalue weighted by Crippen LogP contribution is 2.34. The molecule has 2 fully saturated rings. The molecule has 2 aliphatic heterocycles. The first kappa shape index (κ1) is 15.4. The average Bonchev–Trinajstić information content (AvgIpc) is 2.67. The second-order valence-electron chi connectivity index (χ2n) is 4.55. The van der Waals surface area contributed by atoms with E-state index >= 15 is 0 Å². The van der Waals surface area contributed by atoms with Crippen molar-refractivity contribution in [1.29, 1.82) is 0 Å². The van der Waals surface area contributed by atoms with Gasteiger partial charge in [-0.3, -0.25) is 19.3 Å². The molecule has 2 rings (SSSR count). The minimum Gasteiger partial charge on any atom is -0.452 e. The number of likely N-dealkylation sites (tertiary alicyclic amines) is 1. The van der Waals surface area contributed by atoms with E-state index in [1.165, 1.54) is 22.5 Å². The van der Waals surface area contributed by atoms with Crippen molar-refractivity contribution in [3.63, 3.8) is 0 Å². The summed E-state index contributed by atoms with van der Waals surface area (Å²) in [5.74, 6) is 1.08. The van der Waals surface area contributed by atoms with Crippen LogP contribution in [0.3, 0.4) is 0 Å². The van der Waals surface area contributed by atoms with Crippen LogP contribution in [0.15, 0.2) is 10.3 Å². The summed E-state index contributed by atoms with van der Waals surface area (Å²) in [6, 6.07) is 0. The summed E-state index contributed by atoms with van der Waals surface area (Å²) in [4.78, 5) is 35.7. The van der Waals surface area contributed by atoms with Crippen LogP contribution in [0.4, 0.5) is 0 Å². The van der Waals surface area contributed by atoms with Gasteiger partial charge >= 0.3 is 5.97 Å². The summed E-state index contributed by atoms with van der Waals surface area (Å²) in [5.41, 5.74) is 0. The zero-order valence-corrected chi connectivity index (χ0v) is 12.9. The Morgan fingerprint density at radius 3 is 2.75 bits per heavy atom. The fourth-order valence-corrected chi connectivity index (χ4v) is 4.52. The number of esters is 1. The molecule has 0 aliphatic carbocycles. The number of thioether (sulfide) groups is 2. The first-order valence-corrected chi connectivity index (χ1v) is 8.52. The monoisotopic (exact) mass is 315 g/mol. The summed E-state index contributed by atoms with van der Waals surface area (Å²) in [6.45, 7) is 1.60. The first-order chi connectivity index (χ1) is 9.58. The van der Waals surface area contributed by atoms with Gasteiger partial charge in [0, 0.05) is 17.7 Å². The molecule has 5 nitrogen and oxygen atoms in total. The van der Waals surface area contributed by atoms with Crippen LogP contribution in [-0.2, 0) is 19.1 Å². The summed E-state index contributed by atoms with van der Waals surface area (Å²) in [5, 5.41) is 0. The summed E-state index contributed by atoms with van der Waals surface area (Å²) in [6.07, 6.45) is 3.00. The molecule has 0 aromatic carbocycles. The van der Waals surface area contributed by atoms with Crippen LogP contribution in [0.2, 0.25) is 0 Å². The van der Waals surface area contributed by atoms with E-state index in [1.54, 1.807) is 0 Å². The van der Waals surface area contributed by atoms with Crippen molar-refractivity contribution in [2.24, 2.45) is 0 Å². The molecular weight excluding hydrogens is 298 g/mol. The molecule has 2 amide bonds. The highest BCUT2D eigenvalue weighted by Gasteiger charge is 2.40. The Kier molecular flexibility index (Phi) is 5.54. The number of nitrogens with zero attached hydrogens (tertiary/aromatic N) is 1. The Morgan fingerprint density at radius 1 is 1.40 bits per heavy atom. The van der Waals surface area contributed by atoms with Crippen molar-refractivity contribution in [2.75, 3.05) is 18.1 Å². The first-order valence-electron chi connectivity index (χ1n) is 6.55. The summed E-state index contributed by atoms with van der Waals surface area (Å²) >= 11 is 3.65. The lowest BCUT2D eigenvalue weighted by molar-refractivity contribution is -0.154. The van der Waals surface area contributed by atoms with Gasteiger partial charge in [0.25, 0.3) is 5.91 Å². The Bertz CT molecular complexity index is 442. The minimum absolute atomic E-state index is 0.0293. The largest absolute Gasteiger partial charge is 0.452 e. The van der Waals surface area contributed by atoms with Crippen LogP contribution in [0.1, 0.15) is 26.2 Å². The van der Waals surface area contributed by atoms with Crippen LogP contribution in [-0.4, -0.2) is 46.8 Å². The third kappa shape index (κ3) is 4.02. The topological polar surface area (TPSA) is 63.7 Å². The van der Waals surface area contributed by atoms with Gasteiger partial charge in [-0.2, -0.15) is 0 Å². The molecule has 2 aliphatic rings. The molecule has 20 heavy (non-hydrogen) atoms. The van der Waals surface area contributed by atoms with Crippen molar-refractivity contribution in [2.45, 2.75) is 32.3 Å². The quantitative estimate of drug-likeness (QED) is 0.582. The number of hydrogen-bond donors (Lipinski definition) is 0. The molecule has 0 saturated carbocycles. The molecule has 7 heteroatoms. The number of imide groups is 1. The Balaban J connectivity index is 1.84. The molecule has 0 aromatic rings. The SMILES string of the molecule is CC(=O)O[C@H]1CC(=O)N(CCC=C2SCCCS2)C1=O. The Morgan fingerprint density at radius 2 is 2.10 bits per heavy atom. The van der Waals surface area contributed by atoms with Gasteiger partial charge in [-0.1, -0.05) is 6.08 Å². The number of hydrogen-bond acceptors (Lipinski definition) is 6. The fourth-order valence-electron chi connectivity index (χ4n) is 2.06. The maximum absolute atomic E-state index is 11.9. The van der Waals surface area contributed by atoms with E-state index in [0.717, 1.165) is 11.5 Å². The summed E-state index contributed by atoms with van der Waals surface area (Å²) < 4.78 is 6.12. The molecule has 1 atom stereocenters. The zero-order valence-electron chi connectivity index (χ0n) is 11.3. The van der Waals surface area contributed by atoms with E-state index in [0.29, 0.717) is 13.0 Å². The molecular formula is C13H17NO4S2. The average molecular weight is 315 g/mol. The molecule has 2 heterocycles. The molecule has 0 spiro atoms. The predicted molar refractivity (Wildman–Crippen MR) is 79.1 cm³/mol. The van der Waals surface area contributed by atoms with Crippen LogP contribution in [0.25, 0.3) is 0 Å². The molecule has 0 N–H and O–H groups in total. The van der Waals surface area contributed by atoms with Crippen molar-refractivity contribution >= 4 is 41.3 Å². The fraction of sp³-hybridized carbons (Fsp3) is 0.615. The van der Waals surface area contributed by atoms with Gasteiger partial charge in [0.05, 0.1) is 6.42 Å². The maximum atomic E-state index is 11.9. The van der Waals surface area contributed by atoms with Crippen LogP contribution in [0, 0.1) is 0 Å². The Labute approximate surface area is 126 Å². The number of carbonyl (C=O) groups excluding carboxylic acids is 3. The second kappa shape index (κ2) is 7.17. The molecule has 2 saturated heterocycles. The van der Waals surface area contributed by atoms with E-state index in [-0.39, 0.29) is 12.3 Å². The molecule has 0 radical (unpaired) electrons. The minimum atomic E-state index is -0.925. The number of ether oxygens (including phenoxy) is 1. The lowest BCUT2D eigenvalue weighted by Gasteiger charge is -2.15. The van der Waals surface area contributed by atoms with Crippen LogP contribution < -0.4 is 0 Å². The Hall–Kier alpha value is -0.950. The normalized spacial score (nSPS) is 23.1. The lowest BCUT2D eigenvalue weighted by Crippen LogP contribution is -2.34. The predicted octanol–water partition coefficient (Wildman–Crippen LogP) is 1.78. The van der Waals surface area contributed by atoms with Crippen LogP contribution in [0.5, 0.6) is 0 Å². The van der Waals surface area contributed by atoms with Crippen molar-refractivity contribution in [3.05, 3.63) is 10.3 Å². The maximum Gasteiger partial charge on any atom is 0.303 e. The van der Waals surface area contributed by atoms with Crippen LogP contribution >= 0.6 is 23.5 Å². The van der Waals surface area contributed by atoms with Gasteiger partial charge in [-0.25, -0.2) is 0 Å². The van der Waals surface area contributed by atoms with Gasteiger partial charge in [0.2, 0.25) is 5.91 Å². The van der Waals surface area contributed by atoms with E-state index in [1.807, 2.05) is 23.5 Å². The zero-order chi connectivity index (χ0) is 14.5. The standard InChI is InChI=1S/C13H17NO4S2/c1-9(15)18-10-8-11(16)14(13(10)17)5-2-4-12-19-6-3-7-20-12/h4,10H,2-3,5-8H2,1H3/t10-/m0/s1. The van der Waals surface area contributed by atoms with Gasteiger partial charge < -0.3 is 4.74 Å². The third-order valence-electron chi connectivity index (χ3n) is 2.95. The van der Waals surface area contributed by atoms with E-state index < -0.39 is 18.0 Å². The summed E-state index contributed by atoms with van der Waals surface area (Å²) in [7, 11) is 0. The van der Waals surface area contributed by atoms with Gasteiger partial charge in [-0.15, -0.1) is 23.5 Å². The highest BCUT2D eigenvalue weighted by atomic mass is 32.2. The van der Waals surface area contributed by atoms with Gasteiger partial charge in [-0.05, 0) is 24.3 Å². The molecule has 110 valence electrons. The lowest BCUT2D eigenvalue weighted by atomic mass is 10.3. The van der Waals surface area contributed by atoms with Crippen molar-refractivity contribution < 1.29 is 19.1 Å². The molecule has 0 aromatic heterocycles. The number of rotatable bonds is 4. The number of carbonyl (C=O) groups is 3. The van der Waals surface area contributed by atoms with E-state index in [2.05, 4.69) is 6.08 Å². The van der Waals surface area contributed by atoms with E-state index in [4.69, 9.17) is 4.74 Å². The third-order valence-corrected chi connectivity index (χ3v) is 5.55. The van der Waals surface area contributed by atoms with Gasteiger partial charge in [0.15, 0.2) is 6.10 Å². The smallest absolute Gasteiger partial charge is 0.303 e. The molecule has 0 unspecified atom stereocenters. The van der Waals surface area contributed by atoms with Gasteiger partial charge in [0.1, 0.15) is 0 Å². The van der Waals surface area contributed by atoms with Crippen molar-refractivity contribution in [3.8, 4) is 0 Å². The van der Waals surface area contributed by atoms with Crippen molar-refractivity contribution in [1.82, 2.24) is 4.90 Å². The highest BCUT2D eigenvalue weighted by molar-refractivity contribution is 8.22.